The normalized spacial score (nSPS) is 14.2. The molecule has 7 nitrogen and oxygen atoms in total. The van der Waals surface area contributed by atoms with Gasteiger partial charge in [-0.05, 0) is 19.1 Å². The Balaban J connectivity index is 1.46. The van der Waals surface area contributed by atoms with E-state index in [4.69, 9.17) is 4.74 Å². The molecule has 7 heteroatoms. The molecule has 0 unspecified atom stereocenters. The van der Waals surface area contributed by atoms with Gasteiger partial charge in [0.15, 0.2) is 5.82 Å². The Labute approximate surface area is 147 Å². The molecular formula is C18H23N5O2. The van der Waals surface area contributed by atoms with Gasteiger partial charge in [0.05, 0.1) is 25.1 Å². The summed E-state index contributed by atoms with van der Waals surface area (Å²) in [7, 11) is 0. The molecule has 2 N–H and O–H groups in total. The molecule has 0 aliphatic carbocycles. The monoisotopic (exact) mass is 341 g/mol. The fourth-order valence-electron chi connectivity index (χ4n) is 2.69. The molecule has 1 amide bonds. The highest BCUT2D eigenvalue weighted by atomic mass is 16.5. The summed E-state index contributed by atoms with van der Waals surface area (Å²) in [5, 5.41) is 14.2. The summed E-state index contributed by atoms with van der Waals surface area (Å²) in [4.78, 5) is 14.3. The number of aryl methyl sites for hydroxylation is 1. The summed E-state index contributed by atoms with van der Waals surface area (Å²) in [6.45, 7) is 6.25. The summed E-state index contributed by atoms with van der Waals surface area (Å²) < 4.78 is 5.36. The van der Waals surface area contributed by atoms with Crippen LogP contribution in [0.25, 0.3) is 0 Å². The van der Waals surface area contributed by atoms with E-state index in [1.807, 2.05) is 37.3 Å². The van der Waals surface area contributed by atoms with E-state index in [0.717, 1.165) is 37.6 Å². The fraction of sp³-hybridized carbons (Fsp3) is 0.389. The maximum Gasteiger partial charge on any atom is 0.251 e. The van der Waals surface area contributed by atoms with Gasteiger partial charge in [-0.3, -0.25) is 4.79 Å². The van der Waals surface area contributed by atoms with Crippen LogP contribution in [0.2, 0.25) is 0 Å². The minimum absolute atomic E-state index is 0.0707. The number of morpholine rings is 1. The molecule has 0 radical (unpaired) electrons. The zero-order chi connectivity index (χ0) is 17.5. The molecular weight excluding hydrogens is 318 g/mol. The van der Waals surface area contributed by atoms with Crippen molar-refractivity contribution >= 4 is 17.4 Å². The standard InChI is InChI=1S/C18H23N5O2/c1-14-3-2-4-15(11-14)18(24)20-6-5-19-17-12-16(13-21-22-17)23-7-9-25-10-8-23/h2-4,11-13H,5-10H2,1H3,(H,19,22)(H,20,24). The van der Waals surface area contributed by atoms with Crippen molar-refractivity contribution in [1.82, 2.24) is 15.5 Å². The first kappa shape index (κ1) is 17.2. The number of ether oxygens (including phenoxy) is 1. The minimum atomic E-state index is -0.0707. The summed E-state index contributed by atoms with van der Waals surface area (Å²) in [6, 6.07) is 9.52. The van der Waals surface area contributed by atoms with Crippen LogP contribution in [-0.2, 0) is 4.74 Å². The molecule has 1 aliphatic heterocycles. The molecule has 0 spiro atoms. The summed E-state index contributed by atoms with van der Waals surface area (Å²) in [6.07, 6.45) is 1.76. The van der Waals surface area contributed by atoms with Crippen LogP contribution in [0, 0.1) is 6.92 Å². The number of anilines is 2. The topological polar surface area (TPSA) is 79.4 Å². The lowest BCUT2D eigenvalue weighted by atomic mass is 10.1. The highest BCUT2D eigenvalue weighted by Crippen LogP contribution is 2.16. The van der Waals surface area contributed by atoms with Crippen molar-refractivity contribution in [1.29, 1.82) is 0 Å². The zero-order valence-corrected chi connectivity index (χ0v) is 14.4. The Kier molecular flexibility index (Phi) is 5.79. The van der Waals surface area contributed by atoms with Crippen LogP contribution in [0.3, 0.4) is 0 Å². The van der Waals surface area contributed by atoms with Gasteiger partial charge in [0.25, 0.3) is 5.91 Å². The second-order valence-electron chi connectivity index (χ2n) is 5.95. The number of nitrogens with zero attached hydrogens (tertiary/aromatic N) is 3. The Morgan fingerprint density at radius 1 is 1.24 bits per heavy atom. The van der Waals surface area contributed by atoms with Crippen LogP contribution in [0.5, 0.6) is 0 Å². The number of rotatable bonds is 6. The van der Waals surface area contributed by atoms with Crippen molar-refractivity contribution in [3.63, 3.8) is 0 Å². The first-order valence-corrected chi connectivity index (χ1v) is 8.46. The molecule has 2 aromatic rings. The Hall–Kier alpha value is -2.67. The Morgan fingerprint density at radius 2 is 2.08 bits per heavy atom. The molecule has 1 aliphatic rings. The van der Waals surface area contributed by atoms with E-state index >= 15 is 0 Å². The van der Waals surface area contributed by atoms with Gasteiger partial charge in [-0.1, -0.05) is 17.7 Å². The number of carbonyl (C=O) groups excluding carboxylic acids is 1. The summed E-state index contributed by atoms with van der Waals surface area (Å²) in [5.41, 5.74) is 2.78. The molecule has 0 atom stereocenters. The van der Waals surface area contributed by atoms with E-state index in [1.54, 1.807) is 6.20 Å². The third-order valence-electron chi connectivity index (χ3n) is 4.01. The van der Waals surface area contributed by atoms with Crippen molar-refractivity contribution in [2.45, 2.75) is 6.92 Å². The fourth-order valence-corrected chi connectivity index (χ4v) is 2.69. The number of nitrogens with one attached hydrogen (secondary N) is 2. The van der Waals surface area contributed by atoms with Crippen molar-refractivity contribution in [3.05, 3.63) is 47.7 Å². The molecule has 0 saturated carbocycles. The lowest BCUT2D eigenvalue weighted by Crippen LogP contribution is -2.36. The number of hydrogen-bond acceptors (Lipinski definition) is 6. The van der Waals surface area contributed by atoms with E-state index in [1.165, 1.54) is 0 Å². The van der Waals surface area contributed by atoms with Crippen molar-refractivity contribution in [2.75, 3.05) is 49.6 Å². The van der Waals surface area contributed by atoms with E-state index in [9.17, 15) is 4.79 Å². The molecule has 1 aromatic carbocycles. The van der Waals surface area contributed by atoms with Crippen LogP contribution in [0.15, 0.2) is 36.5 Å². The van der Waals surface area contributed by atoms with Gasteiger partial charge in [-0.15, -0.1) is 5.10 Å². The first-order valence-electron chi connectivity index (χ1n) is 8.46. The SMILES string of the molecule is Cc1cccc(C(=O)NCCNc2cc(N3CCOCC3)cnn2)c1. The second kappa shape index (κ2) is 8.43. The molecule has 3 rings (SSSR count). The van der Waals surface area contributed by atoms with Gasteiger partial charge in [0, 0.05) is 37.8 Å². The third-order valence-corrected chi connectivity index (χ3v) is 4.01. The maximum atomic E-state index is 12.1. The summed E-state index contributed by atoms with van der Waals surface area (Å²) in [5.74, 6) is 0.632. The summed E-state index contributed by atoms with van der Waals surface area (Å²) >= 11 is 0. The van der Waals surface area contributed by atoms with Gasteiger partial charge in [0.2, 0.25) is 0 Å². The third kappa shape index (κ3) is 4.90. The van der Waals surface area contributed by atoms with Crippen LogP contribution >= 0.6 is 0 Å². The van der Waals surface area contributed by atoms with Gasteiger partial charge >= 0.3 is 0 Å². The largest absolute Gasteiger partial charge is 0.378 e. The Morgan fingerprint density at radius 3 is 2.88 bits per heavy atom. The van der Waals surface area contributed by atoms with Crippen molar-refractivity contribution in [3.8, 4) is 0 Å². The molecule has 1 aromatic heterocycles. The van der Waals surface area contributed by atoms with E-state index in [2.05, 4.69) is 25.7 Å². The van der Waals surface area contributed by atoms with Crippen LogP contribution in [0.1, 0.15) is 15.9 Å². The molecule has 1 saturated heterocycles. The molecule has 1 fully saturated rings. The predicted octanol–water partition coefficient (Wildman–Crippen LogP) is 1.46. The molecule has 132 valence electrons. The Bertz CT molecular complexity index is 716. The smallest absolute Gasteiger partial charge is 0.251 e. The van der Waals surface area contributed by atoms with E-state index < -0.39 is 0 Å². The van der Waals surface area contributed by atoms with Crippen molar-refractivity contribution in [2.24, 2.45) is 0 Å². The molecule has 2 heterocycles. The number of hydrogen-bond donors (Lipinski definition) is 2. The second-order valence-corrected chi connectivity index (χ2v) is 5.95. The van der Waals surface area contributed by atoms with Crippen LogP contribution < -0.4 is 15.5 Å². The average Bonchev–Trinajstić information content (AvgIpc) is 2.66. The molecule has 0 bridgehead atoms. The quantitative estimate of drug-likeness (QED) is 0.775. The first-order chi connectivity index (χ1) is 12.2. The lowest BCUT2D eigenvalue weighted by molar-refractivity contribution is 0.0955. The van der Waals surface area contributed by atoms with Crippen LogP contribution in [0.4, 0.5) is 11.5 Å². The lowest BCUT2D eigenvalue weighted by Gasteiger charge is -2.28. The number of amides is 1. The van der Waals surface area contributed by atoms with Gasteiger partial charge in [0.1, 0.15) is 0 Å². The van der Waals surface area contributed by atoms with E-state index in [0.29, 0.717) is 24.5 Å². The zero-order valence-electron chi connectivity index (χ0n) is 14.4. The molecule has 25 heavy (non-hydrogen) atoms. The van der Waals surface area contributed by atoms with Crippen LogP contribution in [-0.4, -0.2) is 55.5 Å². The number of aromatic nitrogens is 2. The van der Waals surface area contributed by atoms with Crippen molar-refractivity contribution < 1.29 is 9.53 Å². The number of benzene rings is 1. The maximum absolute atomic E-state index is 12.1. The average molecular weight is 341 g/mol. The van der Waals surface area contributed by atoms with Gasteiger partial charge in [-0.2, -0.15) is 5.10 Å². The van der Waals surface area contributed by atoms with Gasteiger partial charge < -0.3 is 20.3 Å². The highest BCUT2D eigenvalue weighted by molar-refractivity contribution is 5.94. The highest BCUT2D eigenvalue weighted by Gasteiger charge is 2.12. The van der Waals surface area contributed by atoms with E-state index in [-0.39, 0.29) is 5.91 Å². The minimum Gasteiger partial charge on any atom is -0.378 e. The predicted molar refractivity (Wildman–Crippen MR) is 97.1 cm³/mol. The number of carbonyl (C=O) groups is 1. The van der Waals surface area contributed by atoms with Gasteiger partial charge in [-0.25, -0.2) is 0 Å².